The maximum absolute atomic E-state index is 10.7. The zero-order chi connectivity index (χ0) is 15.7. The number of carboxylic acid groups (broad SMARTS) is 1. The van der Waals surface area contributed by atoms with Gasteiger partial charge in [-0.2, -0.15) is 0 Å². The summed E-state index contributed by atoms with van der Waals surface area (Å²) in [6.45, 7) is 6.52. The van der Waals surface area contributed by atoms with Crippen molar-refractivity contribution in [2.45, 2.75) is 41.2 Å². The standard InChI is InChI=1S/C16H16O3.C2H6.CH4/c1-12-5-7-13(8-6-12)11-19-15-4-2-3-14(9-15)10-16(17)18;1-2;/h2-9H,10-11H2,1H3,(H,17,18);1-2H3;1H4. The molecule has 0 aromatic heterocycles. The lowest BCUT2D eigenvalue weighted by Gasteiger charge is -2.07. The molecule has 0 radical (unpaired) electrons. The van der Waals surface area contributed by atoms with Gasteiger partial charge < -0.3 is 9.84 Å². The number of benzene rings is 2. The average Bonchev–Trinajstić information content (AvgIpc) is 2.48. The van der Waals surface area contributed by atoms with E-state index in [9.17, 15) is 4.79 Å². The highest BCUT2D eigenvalue weighted by atomic mass is 16.5. The summed E-state index contributed by atoms with van der Waals surface area (Å²) >= 11 is 0. The third-order valence-electron chi connectivity index (χ3n) is 2.78. The second-order valence-electron chi connectivity index (χ2n) is 4.49. The first kappa shape index (κ1) is 19.7. The molecule has 0 aliphatic carbocycles. The first-order valence-electron chi connectivity index (χ1n) is 7.12. The van der Waals surface area contributed by atoms with Gasteiger partial charge >= 0.3 is 5.97 Å². The molecule has 0 heterocycles. The zero-order valence-corrected chi connectivity index (χ0v) is 12.8. The van der Waals surface area contributed by atoms with E-state index in [4.69, 9.17) is 9.84 Å². The van der Waals surface area contributed by atoms with Gasteiger partial charge in [0.05, 0.1) is 6.42 Å². The number of rotatable bonds is 5. The van der Waals surface area contributed by atoms with Crippen molar-refractivity contribution in [3.8, 4) is 5.75 Å². The van der Waals surface area contributed by atoms with E-state index in [-0.39, 0.29) is 13.8 Å². The topological polar surface area (TPSA) is 46.5 Å². The number of hydrogen-bond acceptors (Lipinski definition) is 2. The van der Waals surface area contributed by atoms with Gasteiger partial charge in [0.15, 0.2) is 0 Å². The molecule has 2 rings (SSSR count). The number of aliphatic carboxylic acids is 1. The SMILES string of the molecule is C.CC.Cc1ccc(COc2cccc(CC(=O)O)c2)cc1. The van der Waals surface area contributed by atoms with Gasteiger partial charge in [-0.05, 0) is 30.2 Å². The summed E-state index contributed by atoms with van der Waals surface area (Å²) in [6, 6.07) is 15.3. The van der Waals surface area contributed by atoms with Crippen LogP contribution in [0.1, 0.15) is 38.0 Å². The Bertz CT molecular complexity index is 559. The molecule has 3 nitrogen and oxygen atoms in total. The molecule has 2 aromatic carbocycles. The largest absolute Gasteiger partial charge is 0.489 e. The fraction of sp³-hybridized carbons (Fsp3) is 0.316. The van der Waals surface area contributed by atoms with E-state index in [0.717, 1.165) is 11.1 Å². The van der Waals surface area contributed by atoms with Gasteiger partial charge in [-0.3, -0.25) is 4.79 Å². The minimum Gasteiger partial charge on any atom is -0.489 e. The van der Waals surface area contributed by atoms with Crippen molar-refractivity contribution < 1.29 is 14.6 Å². The van der Waals surface area contributed by atoms with E-state index in [1.54, 1.807) is 12.1 Å². The van der Waals surface area contributed by atoms with Crippen LogP contribution in [0.4, 0.5) is 0 Å². The molecule has 0 spiro atoms. The summed E-state index contributed by atoms with van der Waals surface area (Å²) in [4.78, 5) is 10.7. The molecule has 0 atom stereocenters. The molecule has 120 valence electrons. The minimum absolute atomic E-state index is 0. The molecular weight excluding hydrogens is 276 g/mol. The molecular formula is C19H26O3. The molecule has 0 aliphatic heterocycles. The Hall–Kier alpha value is -2.29. The normalized spacial score (nSPS) is 9.05. The van der Waals surface area contributed by atoms with Crippen LogP contribution in [0.3, 0.4) is 0 Å². The Kier molecular flexibility index (Phi) is 9.35. The fourth-order valence-electron chi connectivity index (χ4n) is 1.77. The molecule has 0 unspecified atom stereocenters. The van der Waals surface area contributed by atoms with Crippen LogP contribution in [0.25, 0.3) is 0 Å². The number of carboxylic acids is 1. The number of ether oxygens (including phenoxy) is 1. The van der Waals surface area contributed by atoms with Crippen molar-refractivity contribution in [1.82, 2.24) is 0 Å². The molecule has 0 aliphatic rings. The van der Waals surface area contributed by atoms with Crippen LogP contribution in [0.5, 0.6) is 5.75 Å². The monoisotopic (exact) mass is 302 g/mol. The molecule has 1 N–H and O–H groups in total. The maximum atomic E-state index is 10.7. The zero-order valence-electron chi connectivity index (χ0n) is 12.8. The van der Waals surface area contributed by atoms with E-state index in [1.807, 2.05) is 57.2 Å². The highest BCUT2D eigenvalue weighted by Gasteiger charge is 2.02. The molecule has 0 saturated carbocycles. The van der Waals surface area contributed by atoms with Crippen LogP contribution in [0, 0.1) is 6.92 Å². The number of aryl methyl sites for hydroxylation is 1. The summed E-state index contributed by atoms with van der Waals surface area (Å²) in [7, 11) is 0. The van der Waals surface area contributed by atoms with Crippen LogP contribution >= 0.6 is 0 Å². The van der Waals surface area contributed by atoms with E-state index in [0.29, 0.717) is 12.4 Å². The van der Waals surface area contributed by atoms with Crippen LogP contribution in [-0.2, 0) is 17.8 Å². The minimum atomic E-state index is -0.837. The second-order valence-corrected chi connectivity index (χ2v) is 4.49. The predicted molar refractivity (Wildman–Crippen MR) is 91.4 cm³/mol. The lowest BCUT2D eigenvalue weighted by Crippen LogP contribution is -2.01. The highest BCUT2D eigenvalue weighted by molar-refractivity contribution is 5.70. The van der Waals surface area contributed by atoms with E-state index < -0.39 is 5.97 Å². The first-order chi connectivity index (χ1) is 10.1. The Labute approximate surface area is 133 Å². The van der Waals surface area contributed by atoms with Gasteiger partial charge in [0, 0.05) is 0 Å². The first-order valence-corrected chi connectivity index (χ1v) is 7.12. The third-order valence-corrected chi connectivity index (χ3v) is 2.78. The summed E-state index contributed by atoms with van der Waals surface area (Å²) in [5.41, 5.74) is 3.05. The van der Waals surface area contributed by atoms with Gasteiger partial charge in [-0.25, -0.2) is 0 Å². The van der Waals surface area contributed by atoms with Gasteiger partial charge in [-0.15, -0.1) is 0 Å². The van der Waals surface area contributed by atoms with Crippen molar-refractivity contribution in [3.05, 3.63) is 65.2 Å². The molecule has 0 saturated heterocycles. The maximum Gasteiger partial charge on any atom is 0.307 e. The molecule has 3 heteroatoms. The van der Waals surface area contributed by atoms with Crippen molar-refractivity contribution in [2.75, 3.05) is 0 Å². The van der Waals surface area contributed by atoms with Crippen molar-refractivity contribution in [3.63, 3.8) is 0 Å². The highest BCUT2D eigenvalue weighted by Crippen LogP contribution is 2.16. The van der Waals surface area contributed by atoms with Gasteiger partial charge in [0.25, 0.3) is 0 Å². The smallest absolute Gasteiger partial charge is 0.307 e. The lowest BCUT2D eigenvalue weighted by molar-refractivity contribution is -0.136. The van der Waals surface area contributed by atoms with E-state index >= 15 is 0 Å². The Morgan fingerprint density at radius 2 is 1.68 bits per heavy atom. The Morgan fingerprint density at radius 1 is 1.05 bits per heavy atom. The Morgan fingerprint density at radius 3 is 2.27 bits per heavy atom. The number of carbonyl (C=O) groups is 1. The fourth-order valence-corrected chi connectivity index (χ4v) is 1.77. The summed E-state index contributed by atoms with van der Waals surface area (Å²) in [5, 5.41) is 8.75. The summed E-state index contributed by atoms with van der Waals surface area (Å²) in [5.74, 6) is -0.144. The van der Waals surface area contributed by atoms with E-state index in [1.165, 1.54) is 5.56 Å². The Balaban J connectivity index is 0.00000141. The summed E-state index contributed by atoms with van der Waals surface area (Å²) < 4.78 is 5.66. The molecule has 2 aromatic rings. The van der Waals surface area contributed by atoms with Crippen LogP contribution in [0.2, 0.25) is 0 Å². The summed E-state index contributed by atoms with van der Waals surface area (Å²) in [6.07, 6.45) is 0.0156. The van der Waals surface area contributed by atoms with Crippen molar-refractivity contribution >= 4 is 5.97 Å². The van der Waals surface area contributed by atoms with E-state index in [2.05, 4.69) is 0 Å². The van der Waals surface area contributed by atoms with Crippen LogP contribution in [-0.4, -0.2) is 11.1 Å². The quantitative estimate of drug-likeness (QED) is 0.857. The lowest BCUT2D eigenvalue weighted by atomic mass is 10.1. The molecule has 0 bridgehead atoms. The molecule has 22 heavy (non-hydrogen) atoms. The van der Waals surface area contributed by atoms with Gasteiger partial charge in [0.2, 0.25) is 0 Å². The predicted octanol–water partition coefficient (Wildman–Crippen LogP) is 4.86. The second kappa shape index (κ2) is 10.4. The third kappa shape index (κ3) is 6.93. The van der Waals surface area contributed by atoms with Gasteiger partial charge in [0.1, 0.15) is 12.4 Å². The van der Waals surface area contributed by atoms with Gasteiger partial charge in [-0.1, -0.05) is 63.2 Å². The van der Waals surface area contributed by atoms with Crippen LogP contribution < -0.4 is 4.74 Å². The average molecular weight is 302 g/mol. The molecule has 0 amide bonds. The van der Waals surface area contributed by atoms with Crippen LogP contribution in [0.15, 0.2) is 48.5 Å². The molecule has 0 fully saturated rings. The van der Waals surface area contributed by atoms with Crippen molar-refractivity contribution in [1.29, 1.82) is 0 Å². The number of hydrogen-bond donors (Lipinski definition) is 1. The van der Waals surface area contributed by atoms with Crippen molar-refractivity contribution in [2.24, 2.45) is 0 Å².